The Morgan fingerprint density at radius 3 is 2.63 bits per heavy atom. The fourth-order valence-corrected chi connectivity index (χ4v) is 2.71. The lowest BCUT2D eigenvalue weighted by atomic mass is 10.1. The summed E-state index contributed by atoms with van der Waals surface area (Å²) in [5.41, 5.74) is 11.7. The molecule has 0 amide bonds. The molecule has 0 unspecified atom stereocenters. The lowest BCUT2D eigenvalue weighted by Gasteiger charge is -2.16. The molecule has 0 bridgehead atoms. The smallest absolute Gasteiger partial charge is 0.260 e. The second kappa shape index (κ2) is 8.59. The maximum atomic E-state index is 6.43. The molecule has 0 spiro atoms. The Labute approximate surface area is 162 Å². The van der Waals surface area contributed by atoms with E-state index in [-0.39, 0.29) is 5.95 Å². The summed E-state index contributed by atoms with van der Waals surface area (Å²) in [6.45, 7) is 5.28. The monoisotopic (exact) mass is 388 g/mol. The van der Waals surface area contributed by atoms with Gasteiger partial charge in [0.1, 0.15) is 6.61 Å². The van der Waals surface area contributed by atoms with Gasteiger partial charge in [0.25, 0.3) is 5.95 Å². The molecule has 0 fully saturated rings. The van der Waals surface area contributed by atoms with Crippen molar-refractivity contribution < 1.29 is 9.47 Å². The number of aromatic nitrogens is 4. The summed E-state index contributed by atoms with van der Waals surface area (Å²) < 4.78 is 11.7. The average molecular weight is 389 g/mol. The Morgan fingerprint density at radius 2 is 1.93 bits per heavy atom. The number of rotatable bonds is 8. The third kappa shape index (κ3) is 4.59. The predicted molar refractivity (Wildman–Crippen MR) is 103 cm³/mol. The van der Waals surface area contributed by atoms with Crippen LogP contribution in [0.5, 0.6) is 11.5 Å². The van der Waals surface area contributed by atoms with Gasteiger partial charge in [-0.25, -0.2) is 0 Å². The van der Waals surface area contributed by atoms with Gasteiger partial charge in [-0.3, -0.25) is 0 Å². The molecule has 1 aromatic heterocycles. The van der Waals surface area contributed by atoms with Crippen molar-refractivity contribution in [2.24, 2.45) is 0 Å². The molecule has 0 aliphatic rings. The van der Waals surface area contributed by atoms with E-state index in [9.17, 15) is 0 Å². The number of aryl methyl sites for hydroxylation is 1. The van der Waals surface area contributed by atoms with E-state index in [2.05, 4.69) is 33.9 Å². The quantitative estimate of drug-likeness (QED) is 0.611. The van der Waals surface area contributed by atoms with Gasteiger partial charge in [-0.15, -0.1) is 4.79 Å². The maximum Gasteiger partial charge on any atom is 0.260 e. The first-order valence-electron chi connectivity index (χ1n) is 8.48. The number of nitrogens with one attached hydrogen (secondary N) is 1. The number of nitrogens with zero attached hydrogens (tertiary/aromatic N) is 4. The first kappa shape index (κ1) is 18.8. The number of benzene rings is 2. The maximum absolute atomic E-state index is 6.43. The molecular weight excluding hydrogens is 368 g/mol. The van der Waals surface area contributed by atoms with E-state index in [1.54, 1.807) is 6.07 Å². The van der Waals surface area contributed by atoms with Crippen molar-refractivity contribution in [3.05, 3.63) is 58.1 Å². The van der Waals surface area contributed by atoms with Gasteiger partial charge in [-0.05, 0) is 47.0 Å². The Kier molecular flexibility index (Phi) is 5.97. The van der Waals surface area contributed by atoms with Gasteiger partial charge in [-0.1, -0.05) is 41.0 Å². The summed E-state index contributed by atoms with van der Waals surface area (Å²) in [7, 11) is 0. The number of ether oxygens (including phenoxy) is 2. The van der Waals surface area contributed by atoms with Gasteiger partial charge >= 0.3 is 0 Å². The summed E-state index contributed by atoms with van der Waals surface area (Å²) in [4.78, 5) is 1.28. The lowest BCUT2D eigenvalue weighted by molar-refractivity contribution is 0.268. The fourth-order valence-electron chi connectivity index (χ4n) is 2.49. The van der Waals surface area contributed by atoms with Crippen LogP contribution < -0.4 is 20.6 Å². The van der Waals surface area contributed by atoms with Gasteiger partial charge < -0.3 is 20.6 Å². The second-order valence-corrected chi connectivity index (χ2v) is 6.23. The minimum absolute atomic E-state index is 0.161. The second-order valence-electron chi connectivity index (χ2n) is 5.82. The van der Waals surface area contributed by atoms with Crippen LogP contribution in [0.3, 0.4) is 0 Å². The number of nitrogens with two attached hydrogens (primary N) is 1. The van der Waals surface area contributed by atoms with Gasteiger partial charge in [0.2, 0.25) is 0 Å². The summed E-state index contributed by atoms with van der Waals surface area (Å²) in [5, 5.41) is 11.4. The van der Waals surface area contributed by atoms with Crippen molar-refractivity contribution >= 4 is 17.5 Å². The lowest BCUT2D eigenvalue weighted by Crippen LogP contribution is -2.18. The van der Waals surface area contributed by atoms with Gasteiger partial charge in [-0.2, -0.15) is 0 Å². The van der Waals surface area contributed by atoms with Crippen molar-refractivity contribution in [2.75, 3.05) is 17.8 Å². The van der Waals surface area contributed by atoms with Crippen molar-refractivity contribution in [2.45, 2.75) is 27.0 Å². The summed E-state index contributed by atoms with van der Waals surface area (Å²) in [6, 6.07) is 11.7. The number of nitrogen functional groups attached to an aromatic ring is 1. The zero-order chi connectivity index (χ0) is 19.2. The normalized spacial score (nSPS) is 10.6. The minimum Gasteiger partial charge on any atom is -0.490 e. The summed E-state index contributed by atoms with van der Waals surface area (Å²) in [5.74, 6) is 1.38. The molecule has 0 radical (unpaired) electrons. The van der Waals surface area contributed by atoms with Crippen LogP contribution in [0.15, 0.2) is 36.4 Å². The molecule has 0 saturated carbocycles. The highest BCUT2D eigenvalue weighted by Crippen LogP contribution is 2.34. The number of halogens is 1. The average Bonchev–Trinajstić information content (AvgIpc) is 3.06. The summed E-state index contributed by atoms with van der Waals surface area (Å²) >= 11 is 6.43. The number of hydrogen-bond acceptors (Lipinski definition) is 7. The van der Waals surface area contributed by atoms with E-state index in [4.69, 9.17) is 26.8 Å². The van der Waals surface area contributed by atoms with E-state index in [0.717, 1.165) is 11.1 Å². The van der Waals surface area contributed by atoms with Crippen LogP contribution in [0.1, 0.15) is 23.6 Å². The molecule has 1 heterocycles. The number of anilines is 1. The van der Waals surface area contributed by atoms with Crippen molar-refractivity contribution in [3.8, 4) is 11.5 Å². The zero-order valence-electron chi connectivity index (χ0n) is 15.1. The Morgan fingerprint density at radius 1 is 1.15 bits per heavy atom. The molecule has 0 aliphatic heterocycles. The van der Waals surface area contributed by atoms with Crippen molar-refractivity contribution in [1.29, 1.82) is 0 Å². The summed E-state index contributed by atoms with van der Waals surface area (Å²) in [6.07, 6.45) is 0. The molecule has 2 aromatic carbocycles. The van der Waals surface area contributed by atoms with E-state index < -0.39 is 0 Å². The van der Waals surface area contributed by atoms with E-state index in [1.807, 2.05) is 31.2 Å². The largest absolute Gasteiger partial charge is 0.490 e. The van der Waals surface area contributed by atoms with E-state index in [1.165, 1.54) is 10.4 Å². The molecule has 0 atom stereocenters. The van der Waals surface area contributed by atoms with E-state index >= 15 is 0 Å². The molecule has 142 valence electrons. The number of tetrazole rings is 1. The standard InChI is InChI=1S/C18H21ClN6O2/c1-3-26-16-8-14(10-21-25-18(20)22-23-24-25)15(19)9-17(16)27-11-13-7-5-4-6-12(13)2/h4-9,21H,3,10-11H2,1-2H3,(H2,20,22,24). The van der Waals surface area contributed by atoms with Crippen LogP contribution in [0.25, 0.3) is 0 Å². The Bertz CT molecular complexity index is 915. The molecule has 0 saturated heterocycles. The fraction of sp³-hybridized carbons (Fsp3) is 0.278. The van der Waals surface area contributed by atoms with Crippen LogP contribution in [-0.2, 0) is 13.2 Å². The minimum atomic E-state index is 0.161. The molecule has 0 aliphatic carbocycles. The predicted octanol–water partition coefficient (Wildman–Crippen LogP) is 2.94. The van der Waals surface area contributed by atoms with Crippen molar-refractivity contribution in [1.82, 2.24) is 20.3 Å². The highest BCUT2D eigenvalue weighted by atomic mass is 35.5. The van der Waals surface area contributed by atoms with E-state index in [0.29, 0.717) is 36.3 Å². The first-order chi connectivity index (χ1) is 13.1. The molecule has 8 nitrogen and oxygen atoms in total. The third-order valence-corrected chi connectivity index (χ3v) is 4.32. The molecule has 3 rings (SSSR count). The first-order valence-corrected chi connectivity index (χ1v) is 8.86. The van der Waals surface area contributed by atoms with Crippen LogP contribution in [0.2, 0.25) is 5.02 Å². The van der Waals surface area contributed by atoms with Crippen LogP contribution in [0, 0.1) is 6.92 Å². The highest BCUT2D eigenvalue weighted by Gasteiger charge is 2.13. The third-order valence-electron chi connectivity index (χ3n) is 3.97. The number of hydrogen-bond donors (Lipinski definition) is 2. The molecular formula is C18H21ClN6O2. The molecule has 27 heavy (non-hydrogen) atoms. The van der Waals surface area contributed by atoms with Crippen LogP contribution >= 0.6 is 11.6 Å². The topological polar surface area (TPSA) is 100 Å². The van der Waals surface area contributed by atoms with Crippen LogP contribution in [0.4, 0.5) is 5.95 Å². The Hall–Kier alpha value is -3.00. The molecule has 3 aromatic rings. The SMILES string of the molecule is CCOc1cc(CNn2nnnc2N)c(Cl)cc1OCc1ccccc1C. The van der Waals surface area contributed by atoms with Gasteiger partial charge in [0, 0.05) is 11.1 Å². The van der Waals surface area contributed by atoms with Gasteiger partial charge in [0.15, 0.2) is 11.5 Å². The van der Waals surface area contributed by atoms with Crippen LogP contribution in [-0.4, -0.2) is 26.9 Å². The molecule has 3 N–H and O–H groups in total. The van der Waals surface area contributed by atoms with Crippen molar-refractivity contribution in [3.63, 3.8) is 0 Å². The highest BCUT2D eigenvalue weighted by molar-refractivity contribution is 6.31. The molecule has 9 heteroatoms. The zero-order valence-corrected chi connectivity index (χ0v) is 15.9. The Balaban J connectivity index is 1.77. The van der Waals surface area contributed by atoms with Gasteiger partial charge in [0.05, 0.1) is 13.2 Å².